The van der Waals surface area contributed by atoms with Crippen LogP contribution in [0.1, 0.15) is 107 Å². The summed E-state index contributed by atoms with van der Waals surface area (Å²) in [5.41, 5.74) is 0.735. The highest BCUT2D eigenvalue weighted by Crippen LogP contribution is 2.66. The van der Waals surface area contributed by atoms with E-state index in [1.807, 2.05) is 60.7 Å². The van der Waals surface area contributed by atoms with Gasteiger partial charge in [-0.1, -0.05) is 74.5 Å². The van der Waals surface area contributed by atoms with E-state index in [1.54, 1.807) is 0 Å². The van der Waals surface area contributed by atoms with Crippen LogP contribution in [-0.4, -0.2) is 47.4 Å². The first-order valence-corrected chi connectivity index (χ1v) is 17.1. The van der Waals surface area contributed by atoms with Gasteiger partial charge < -0.3 is 24.4 Å². The van der Waals surface area contributed by atoms with E-state index < -0.39 is 29.0 Å². The van der Waals surface area contributed by atoms with Gasteiger partial charge in [0, 0.05) is 36.5 Å². The second kappa shape index (κ2) is 13.5. The van der Waals surface area contributed by atoms with Crippen molar-refractivity contribution >= 4 is 5.97 Å². The summed E-state index contributed by atoms with van der Waals surface area (Å²) < 4.78 is 19.0. The van der Waals surface area contributed by atoms with Crippen molar-refractivity contribution < 1.29 is 29.2 Å². The fraction of sp³-hybridized carbons (Fsp3) is 0.605. The molecule has 1 saturated heterocycles. The SMILES string of the molecule is CCCOC1CCC2=C(OC(=O)C(C(CC)c3ccccc3)(C(c3ccccc3)C3CC3)C2(O)O)C(CC2CCCO2)CC1. The lowest BCUT2D eigenvalue weighted by Gasteiger charge is -2.55. The third kappa shape index (κ3) is 5.79. The van der Waals surface area contributed by atoms with Gasteiger partial charge >= 0.3 is 5.97 Å². The molecule has 6 atom stereocenters. The second-order valence-corrected chi connectivity index (χ2v) is 13.5. The van der Waals surface area contributed by atoms with E-state index in [0.717, 1.165) is 62.7 Å². The van der Waals surface area contributed by atoms with Crippen LogP contribution in [0.2, 0.25) is 0 Å². The molecule has 0 amide bonds. The Bertz CT molecular complexity index is 1280. The van der Waals surface area contributed by atoms with Crippen molar-refractivity contribution in [2.45, 2.75) is 114 Å². The molecule has 2 fully saturated rings. The molecular formula is C38H50O6. The van der Waals surface area contributed by atoms with Crippen LogP contribution < -0.4 is 0 Å². The molecule has 0 spiro atoms. The number of hydrogen-bond acceptors (Lipinski definition) is 6. The zero-order chi connectivity index (χ0) is 30.7. The Balaban J connectivity index is 1.54. The molecule has 6 heteroatoms. The predicted molar refractivity (Wildman–Crippen MR) is 170 cm³/mol. The van der Waals surface area contributed by atoms with E-state index in [1.165, 1.54) is 0 Å². The first-order chi connectivity index (χ1) is 21.4. The molecule has 2 aromatic carbocycles. The van der Waals surface area contributed by atoms with Gasteiger partial charge in [-0.2, -0.15) is 0 Å². The van der Waals surface area contributed by atoms with Gasteiger partial charge in [-0.15, -0.1) is 0 Å². The van der Waals surface area contributed by atoms with Gasteiger partial charge in [0.2, 0.25) is 5.79 Å². The summed E-state index contributed by atoms with van der Waals surface area (Å²) in [4.78, 5) is 15.1. The summed E-state index contributed by atoms with van der Waals surface area (Å²) in [5, 5.41) is 26.0. The van der Waals surface area contributed by atoms with Crippen LogP contribution in [0.5, 0.6) is 0 Å². The predicted octanol–water partition coefficient (Wildman–Crippen LogP) is 7.41. The normalized spacial score (nSPS) is 30.2. The summed E-state index contributed by atoms with van der Waals surface area (Å²) in [6.07, 6.45) is 8.83. The second-order valence-electron chi connectivity index (χ2n) is 13.5. The molecule has 0 bridgehead atoms. The Morgan fingerprint density at radius 3 is 2.23 bits per heavy atom. The maximum atomic E-state index is 15.1. The number of esters is 1. The molecule has 1 saturated carbocycles. The monoisotopic (exact) mass is 602 g/mol. The van der Waals surface area contributed by atoms with Crippen molar-refractivity contribution in [1.82, 2.24) is 0 Å². The van der Waals surface area contributed by atoms with Crippen LogP contribution in [0.15, 0.2) is 72.0 Å². The number of ether oxygens (including phenoxy) is 3. The number of aliphatic hydroxyl groups is 2. The summed E-state index contributed by atoms with van der Waals surface area (Å²) >= 11 is 0. The van der Waals surface area contributed by atoms with Crippen LogP contribution in [0.3, 0.4) is 0 Å². The minimum Gasteiger partial charge on any atom is -0.430 e. The molecule has 6 rings (SSSR count). The lowest BCUT2D eigenvalue weighted by atomic mass is 9.53. The fourth-order valence-electron chi connectivity index (χ4n) is 8.68. The number of benzene rings is 2. The van der Waals surface area contributed by atoms with Crippen LogP contribution in [-0.2, 0) is 19.0 Å². The standard InChI is InChI=1S/C38H50O6/c1-3-23-42-30-20-19-29(25-31-16-11-24-43-31)35-33(22-21-30)38(40,41)37(36(39)44-35,32(4-2)26-12-7-5-8-13-26)34(28-17-18-28)27-14-9-6-10-15-27/h5-10,12-15,28-32,34,40-41H,3-4,11,16-25H2,1-2H3. The van der Waals surface area contributed by atoms with Crippen molar-refractivity contribution in [3.05, 3.63) is 83.1 Å². The summed E-state index contributed by atoms with van der Waals surface area (Å²) in [6, 6.07) is 20.0. The Kier molecular flexibility index (Phi) is 9.63. The topological polar surface area (TPSA) is 85.2 Å². The number of allylic oxidation sites excluding steroid dienone is 1. The lowest BCUT2D eigenvalue weighted by Crippen LogP contribution is -2.64. The van der Waals surface area contributed by atoms with Crippen LogP contribution in [0, 0.1) is 17.3 Å². The van der Waals surface area contributed by atoms with E-state index in [-0.39, 0.29) is 24.0 Å². The molecule has 0 radical (unpaired) electrons. The molecule has 4 aliphatic rings. The quantitative estimate of drug-likeness (QED) is 0.206. The highest BCUT2D eigenvalue weighted by molar-refractivity contribution is 5.85. The van der Waals surface area contributed by atoms with Gasteiger partial charge in [-0.3, -0.25) is 4.79 Å². The average molecular weight is 603 g/mol. The third-order valence-electron chi connectivity index (χ3n) is 10.8. The molecule has 6 nitrogen and oxygen atoms in total. The maximum Gasteiger partial charge on any atom is 0.324 e. The molecule has 0 aromatic heterocycles. The average Bonchev–Trinajstić information content (AvgIpc) is 3.73. The van der Waals surface area contributed by atoms with Gasteiger partial charge in [0.25, 0.3) is 0 Å². The molecule has 6 unspecified atom stereocenters. The minimum atomic E-state index is -2.42. The Labute approximate surface area is 262 Å². The zero-order valence-electron chi connectivity index (χ0n) is 26.5. The van der Waals surface area contributed by atoms with Crippen LogP contribution in [0.25, 0.3) is 0 Å². The van der Waals surface area contributed by atoms with Crippen molar-refractivity contribution in [2.24, 2.45) is 17.3 Å². The molecular weight excluding hydrogens is 552 g/mol. The molecule has 2 aliphatic carbocycles. The number of carbonyl (C=O) groups excluding carboxylic acids is 1. The molecule has 2 aliphatic heterocycles. The summed E-state index contributed by atoms with van der Waals surface area (Å²) in [6.45, 7) is 5.59. The van der Waals surface area contributed by atoms with Crippen LogP contribution in [0.4, 0.5) is 0 Å². The molecule has 44 heavy (non-hydrogen) atoms. The molecule has 238 valence electrons. The minimum absolute atomic E-state index is 0.0169. The number of rotatable bonds is 11. The van der Waals surface area contributed by atoms with Crippen molar-refractivity contribution in [3.63, 3.8) is 0 Å². The van der Waals surface area contributed by atoms with Gasteiger partial charge in [0.05, 0.1) is 12.2 Å². The Morgan fingerprint density at radius 2 is 1.61 bits per heavy atom. The third-order valence-corrected chi connectivity index (χ3v) is 10.8. The van der Waals surface area contributed by atoms with E-state index in [0.29, 0.717) is 43.6 Å². The van der Waals surface area contributed by atoms with E-state index in [2.05, 4.69) is 13.8 Å². The van der Waals surface area contributed by atoms with Crippen LogP contribution >= 0.6 is 0 Å². The first-order valence-electron chi connectivity index (χ1n) is 17.1. The molecule has 2 N–H and O–H groups in total. The van der Waals surface area contributed by atoms with Gasteiger partial charge in [0.1, 0.15) is 11.2 Å². The van der Waals surface area contributed by atoms with Crippen molar-refractivity contribution in [2.75, 3.05) is 13.2 Å². The van der Waals surface area contributed by atoms with Gasteiger partial charge in [-0.05, 0) is 87.7 Å². The lowest BCUT2D eigenvalue weighted by molar-refractivity contribution is -0.254. The highest BCUT2D eigenvalue weighted by atomic mass is 16.6. The Hall–Kier alpha value is -2.51. The maximum absolute atomic E-state index is 15.1. The van der Waals surface area contributed by atoms with E-state index in [9.17, 15) is 10.2 Å². The summed E-state index contributed by atoms with van der Waals surface area (Å²) in [5.74, 6) is -3.33. The smallest absolute Gasteiger partial charge is 0.324 e. The van der Waals surface area contributed by atoms with E-state index >= 15 is 4.79 Å². The Morgan fingerprint density at radius 1 is 0.909 bits per heavy atom. The number of carbonyl (C=O) groups is 1. The summed E-state index contributed by atoms with van der Waals surface area (Å²) in [7, 11) is 0. The van der Waals surface area contributed by atoms with Gasteiger partial charge in [-0.25, -0.2) is 0 Å². The van der Waals surface area contributed by atoms with Crippen molar-refractivity contribution in [3.8, 4) is 0 Å². The molecule has 2 aromatic rings. The zero-order valence-corrected chi connectivity index (χ0v) is 26.5. The van der Waals surface area contributed by atoms with Crippen molar-refractivity contribution in [1.29, 1.82) is 0 Å². The first kappa shape index (κ1) is 31.5. The largest absolute Gasteiger partial charge is 0.430 e. The highest BCUT2D eigenvalue weighted by Gasteiger charge is 2.71. The fourth-order valence-corrected chi connectivity index (χ4v) is 8.68. The van der Waals surface area contributed by atoms with E-state index in [4.69, 9.17) is 14.2 Å². The molecule has 2 heterocycles. The van der Waals surface area contributed by atoms with Gasteiger partial charge in [0.15, 0.2) is 0 Å². The number of hydrogen-bond donors (Lipinski definition) is 2.